The quantitative estimate of drug-likeness (QED) is 0.670. The summed E-state index contributed by atoms with van der Waals surface area (Å²) < 4.78 is 7.18. The van der Waals surface area contributed by atoms with E-state index in [0.29, 0.717) is 24.4 Å². The minimum atomic E-state index is 0.313. The second-order valence-electron chi connectivity index (χ2n) is 4.20. The van der Waals surface area contributed by atoms with Gasteiger partial charge in [-0.3, -0.25) is 9.48 Å². The SMILES string of the molecule is O=Cc1ccc(-c2ccn(Cc3ccccc3)n2)o1. The van der Waals surface area contributed by atoms with E-state index in [1.165, 1.54) is 5.56 Å². The van der Waals surface area contributed by atoms with Gasteiger partial charge < -0.3 is 4.42 Å². The summed E-state index contributed by atoms with van der Waals surface area (Å²) >= 11 is 0. The molecule has 19 heavy (non-hydrogen) atoms. The van der Waals surface area contributed by atoms with Crippen LogP contribution in [-0.2, 0) is 6.54 Å². The predicted molar refractivity (Wildman–Crippen MR) is 70.9 cm³/mol. The van der Waals surface area contributed by atoms with E-state index >= 15 is 0 Å². The van der Waals surface area contributed by atoms with Crippen LogP contribution in [0.15, 0.2) is 59.1 Å². The standard InChI is InChI=1S/C15H12N2O2/c18-11-13-6-7-15(19-13)14-8-9-17(16-14)10-12-4-2-1-3-5-12/h1-9,11H,10H2. The van der Waals surface area contributed by atoms with Gasteiger partial charge in [0, 0.05) is 6.20 Å². The first-order chi connectivity index (χ1) is 9.35. The second kappa shape index (κ2) is 4.94. The van der Waals surface area contributed by atoms with E-state index in [4.69, 9.17) is 4.42 Å². The minimum Gasteiger partial charge on any atom is -0.452 e. The van der Waals surface area contributed by atoms with Crippen molar-refractivity contribution in [3.05, 3.63) is 66.1 Å². The molecule has 0 saturated carbocycles. The van der Waals surface area contributed by atoms with Gasteiger partial charge in [0.2, 0.25) is 0 Å². The van der Waals surface area contributed by atoms with Crippen LogP contribution in [0.1, 0.15) is 16.1 Å². The number of furan rings is 1. The van der Waals surface area contributed by atoms with Gasteiger partial charge in [-0.1, -0.05) is 30.3 Å². The van der Waals surface area contributed by atoms with E-state index in [9.17, 15) is 4.79 Å². The Kier molecular flexibility index (Phi) is 2.98. The van der Waals surface area contributed by atoms with E-state index in [2.05, 4.69) is 17.2 Å². The first kappa shape index (κ1) is 11.5. The highest BCUT2D eigenvalue weighted by molar-refractivity contribution is 5.72. The summed E-state index contributed by atoms with van der Waals surface area (Å²) in [5, 5.41) is 4.43. The Morgan fingerprint density at radius 2 is 1.95 bits per heavy atom. The molecule has 0 atom stereocenters. The molecule has 0 spiro atoms. The molecule has 4 nitrogen and oxygen atoms in total. The Bertz CT molecular complexity index is 683. The first-order valence-corrected chi connectivity index (χ1v) is 5.98. The molecular formula is C15H12N2O2. The van der Waals surface area contributed by atoms with E-state index < -0.39 is 0 Å². The fourth-order valence-corrected chi connectivity index (χ4v) is 1.91. The monoisotopic (exact) mass is 252 g/mol. The van der Waals surface area contributed by atoms with E-state index in [1.54, 1.807) is 12.1 Å². The van der Waals surface area contributed by atoms with Crippen molar-refractivity contribution in [2.45, 2.75) is 6.54 Å². The van der Waals surface area contributed by atoms with E-state index in [0.717, 1.165) is 5.69 Å². The molecule has 0 aliphatic carbocycles. The van der Waals surface area contributed by atoms with Crippen LogP contribution >= 0.6 is 0 Å². The van der Waals surface area contributed by atoms with Crippen molar-refractivity contribution >= 4 is 6.29 Å². The fourth-order valence-electron chi connectivity index (χ4n) is 1.91. The number of aromatic nitrogens is 2. The number of hydrogen-bond acceptors (Lipinski definition) is 3. The molecule has 3 rings (SSSR count). The number of rotatable bonds is 4. The average molecular weight is 252 g/mol. The summed E-state index contributed by atoms with van der Waals surface area (Å²) in [5.41, 5.74) is 1.91. The molecule has 0 radical (unpaired) electrons. The average Bonchev–Trinajstić information content (AvgIpc) is 3.08. The summed E-state index contributed by atoms with van der Waals surface area (Å²) in [5.74, 6) is 0.918. The van der Waals surface area contributed by atoms with Crippen LogP contribution in [0.5, 0.6) is 0 Å². The molecule has 0 amide bonds. The summed E-state index contributed by atoms with van der Waals surface area (Å²) in [7, 11) is 0. The highest BCUT2D eigenvalue weighted by Crippen LogP contribution is 2.19. The van der Waals surface area contributed by atoms with Crippen molar-refractivity contribution in [3.63, 3.8) is 0 Å². The normalized spacial score (nSPS) is 10.5. The first-order valence-electron chi connectivity index (χ1n) is 5.98. The molecule has 0 bridgehead atoms. The molecule has 4 heteroatoms. The molecule has 0 N–H and O–H groups in total. The number of benzene rings is 1. The molecule has 94 valence electrons. The molecule has 0 unspecified atom stereocenters. The molecule has 1 aromatic carbocycles. The second-order valence-corrected chi connectivity index (χ2v) is 4.20. The van der Waals surface area contributed by atoms with Crippen LogP contribution in [0.4, 0.5) is 0 Å². The Morgan fingerprint density at radius 3 is 2.68 bits per heavy atom. The van der Waals surface area contributed by atoms with Gasteiger partial charge in [-0.2, -0.15) is 5.10 Å². The Hall–Kier alpha value is -2.62. The third kappa shape index (κ3) is 2.47. The van der Waals surface area contributed by atoms with Crippen molar-refractivity contribution in [1.29, 1.82) is 0 Å². The van der Waals surface area contributed by atoms with Gasteiger partial charge in [0.15, 0.2) is 17.8 Å². The number of carbonyl (C=O) groups excluding carboxylic acids is 1. The van der Waals surface area contributed by atoms with Gasteiger partial charge in [-0.15, -0.1) is 0 Å². The van der Waals surface area contributed by atoms with Crippen LogP contribution in [0.3, 0.4) is 0 Å². The van der Waals surface area contributed by atoms with Crippen LogP contribution in [-0.4, -0.2) is 16.1 Å². The smallest absolute Gasteiger partial charge is 0.185 e. The van der Waals surface area contributed by atoms with Crippen molar-refractivity contribution < 1.29 is 9.21 Å². The number of nitrogens with zero attached hydrogens (tertiary/aromatic N) is 2. The van der Waals surface area contributed by atoms with Crippen molar-refractivity contribution in [2.75, 3.05) is 0 Å². The maximum atomic E-state index is 10.6. The Morgan fingerprint density at radius 1 is 1.11 bits per heavy atom. The van der Waals surface area contributed by atoms with Gasteiger partial charge in [0.25, 0.3) is 0 Å². The molecule has 0 aliphatic heterocycles. The lowest BCUT2D eigenvalue weighted by Crippen LogP contribution is -1.99. The van der Waals surface area contributed by atoms with Gasteiger partial charge in [-0.25, -0.2) is 0 Å². The number of aldehydes is 1. The largest absolute Gasteiger partial charge is 0.452 e. The lowest BCUT2D eigenvalue weighted by Gasteiger charge is -2.00. The molecule has 0 fully saturated rings. The molecule has 2 aromatic heterocycles. The van der Waals surface area contributed by atoms with Crippen LogP contribution < -0.4 is 0 Å². The number of hydrogen-bond donors (Lipinski definition) is 0. The topological polar surface area (TPSA) is 48.0 Å². The lowest BCUT2D eigenvalue weighted by molar-refractivity contribution is 0.110. The zero-order valence-corrected chi connectivity index (χ0v) is 10.2. The molecule has 2 heterocycles. The third-order valence-electron chi connectivity index (χ3n) is 2.82. The highest BCUT2D eigenvalue weighted by atomic mass is 16.3. The maximum Gasteiger partial charge on any atom is 0.185 e. The lowest BCUT2D eigenvalue weighted by atomic mass is 10.2. The number of carbonyl (C=O) groups is 1. The van der Waals surface area contributed by atoms with E-state index in [-0.39, 0.29) is 0 Å². The Labute approximate surface area is 110 Å². The van der Waals surface area contributed by atoms with Crippen molar-refractivity contribution in [1.82, 2.24) is 9.78 Å². The highest BCUT2D eigenvalue weighted by Gasteiger charge is 2.07. The molecular weight excluding hydrogens is 240 g/mol. The van der Waals surface area contributed by atoms with Gasteiger partial charge >= 0.3 is 0 Å². The summed E-state index contributed by atoms with van der Waals surface area (Å²) in [6.45, 7) is 0.710. The zero-order valence-electron chi connectivity index (χ0n) is 10.2. The minimum absolute atomic E-state index is 0.313. The van der Waals surface area contributed by atoms with Crippen LogP contribution in [0, 0.1) is 0 Å². The summed E-state index contributed by atoms with van der Waals surface area (Å²) in [6, 6.07) is 15.4. The molecule has 0 saturated heterocycles. The predicted octanol–water partition coefficient (Wildman–Crippen LogP) is 3.00. The zero-order chi connectivity index (χ0) is 13.1. The fraction of sp³-hybridized carbons (Fsp3) is 0.0667. The van der Waals surface area contributed by atoms with E-state index in [1.807, 2.05) is 35.1 Å². The van der Waals surface area contributed by atoms with Crippen molar-refractivity contribution in [3.8, 4) is 11.5 Å². The molecule has 0 aliphatic rings. The summed E-state index contributed by atoms with van der Waals surface area (Å²) in [6.07, 6.45) is 2.58. The Balaban J connectivity index is 1.81. The van der Waals surface area contributed by atoms with Crippen molar-refractivity contribution in [2.24, 2.45) is 0 Å². The van der Waals surface area contributed by atoms with Crippen LogP contribution in [0.2, 0.25) is 0 Å². The maximum absolute atomic E-state index is 10.6. The van der Waals surface area contributed by atoms with Gasteiger partial charge in [-0.05, 0) is 23.8 Å². The third-order valence-corrected chi connectivity index (χ3v) is 2.82. The summed E-state index contributed by atoms with van der Waals surface area (Å²) in [4.78, 5) is 10.6. The van der Waals surface area contributed by atoms with Crippen LogP contribution in [0.25, 0.3) is 11.5 Å². The van der Waals surface area contributed by atoms with Gasteiger partial charge in [0.1, 0.15) is 5.69 Å². The van der Waals surface area contributed by atoms with Gasteiger partial charge in [0.05, 0.1) is 6.54 Å². The molecule has 3 aromatic rings.